The number of anilines is 2. The molecular formula is C30H37N5O3S. The normalized spacial score (nSPS) is 13.5. The Morgan fingerprint density at radius 2 is 1.64 bits per heavy atom. The summed E-state index contributed by atoms with van der Waals surface area (Å²) in [6.45, 7) is 11.4. The summed E-state index contributed by atoms with van der Waals surface area (Å²) in [7, 11) is 0. The number of carbonyl (C=O) groups is 3. The van der Waals surface area contributed by atoms with Gasteiger partial charge in [0.15, 0.2) is 5.13 Å². The molecule has 0 unspecified atom stereocenters. The lowest BCUT2D eigenvalue weighted by Crippen LogP contribution is -2.49. The second kappa shape index (κ2) is 12.9. The summed E-state index contributed by atoms with van der Waals surface area (Å²) in [4.78, 5) is 49.2. The predicted octanol–water partition coefficient (Wildman–Crippen LogP) is 4.39. The Kier molecular flexibility index (Phi) is 9.35. The second-order valence-electron chi connectivity index (χ2n) is 10.4. The average Bonchev–Trinajstić information content (AvgIpc) is 3.34. The van der Waals surface area contributed by atoms with Gasteiger partial charge in [-0.3, -0.25) is 14.4 Å². The third kappa shape index (κ3) is 7.44. The molecule has 4 rings (SSSR count). The Balaban J connectivity index is 1.30. The second-order valence-corrected chi connectivity index (χ2v) is 11.3. The molecule has 9 heteroatoms. The molecule has 2 aromatic carbocycles. The summed E-state index contributed by atoms with van der Waals surface area (Å²) in [5.41, 5.74) is 4.57. The van der Waals surface area contributed by atoms with Crippen LogP contribution < -0.4 is 10.2 Å². The van der Waals surface area contributed by atoms with Gasteiger partial charge in [-0.1, -0.05) is 50.2 Å². The Labute approximate surface area is 234 Å². The van der Waals surface area contributed by atoms with Gasteiger partial charge in [-0.25, -0.2) is 4.98 Å². The van der Waals surface area contributed by atoms with Crippen LogP contribution in [-0.4, -0.2) is 71.8 Å². The maximum atomic E-state index is 13.2. The zero-order valence-electron chi connectivity index (χ0n) is 23.1. The zero-order valence-corrected chi connectivity index (χ0v) is 24.0. The van der Waals surface area contributed by atoms with Crippen LogP contribution in [0.3, 0.4) is 0 Å². The van der Waals surface area contributed by atoms with Crippen molar-refractivity contribution in [2.45, 2.75) is 34.1 Å². The summed E-state index contributed by atoms with van der Waals surface area (Å²) >= 11 is 1.29. The molecule has 1 aromatic heterocycles. The lowest BCUT2D eigenvalue weighted by molar-refractivity contribution is -0.130. The molecule has 1 aliphatic heterocycles. The predicted molar refractivity (Wildman–Crippen MR) is 156 cm³/mol. The Hall–Kier alpha value is -3.72. The summed E-state index contributed by atoms with van der Waals surface area (Å²) in [6.07, 6.45) is 0.196. The van der Waals surface area contributed by atoms with E-state index in [0.29, 0.717) is 36.0 Å². The fourth-order valence-electron chi connectivity index (χ4n) is 4.80. The van der Waals surface area contributed by atoms with Crippen molar-refractivity contribution in [2.24, 2.45) is 5.92 Å². The molecule has 1 aliphatic rings. The molecule has 206 valence electrons. The molecule has 0 atom stereocenters. The van der Waals surface area contributed by atoms with Gasteiger partial charge in [-0.15, -0.1) is 11.3 Å². The van der Waals surface area contributed by atoms with Gasteiger partial charge in [0.2, 0.25) is 11.8 Å². The molecule has 2 heterocycles. The summed E-state index contributed by atoms with van der Waals surface area (Å²) in [5, 5.41) is 5.05. The first kappa shape index (κ1) is 28.3. The van der Waals surface area contributed by atoms with Gasteiger partial charge in [0, 0.05) is 49.4 Å². The van der Waals surface area contributed by atoms with Crippen LogP contribution in [0.15, 0.2) is 53.9 Å². The van der Waals surface area contributed by atoms with Crippen molar-refractivity contribution in [1.29, 1.82) is 0 Å². The van der Waals surface area contributed by atoms with Crippen LogP contribution in [0.4, 0.5) is 10.8 Å². The first-order chi connectivity index (χ1) is 18.7. The van der Waals surface area contributed by atoms with Crippen LogP contribution in [0.1, 0.15) is 41.0 Å². The van der Waals surface area contributed by atoms with Gasteiger partial charge in [0.05, 0.1) is 12.1 Å². The van der Waals surface area contributed by atoms with E-state index in [2.05, 4.69) is 34.3 Å². The minimum absolute atomic E-state index is 0.0366. The molecule has 3 amide bonds. The van der Waals surface area contributed by atoms with Gasteiger partial charge in [0.1, 0.15) is 6.54 Å². The van der Waals surface area contributed by atoms with E-state index >= 15 is 0 Å². The highest BCUT2D eigenvalue weighted by Gasteiger charge is 2.24. The molecule has 0 aliphatic carbocycles. The Morgan fingerprint density at radius 1 is 0.974 bits per heavy atom. The number of hydrogen-bond acceptors (Lipinski definition) is 6. The first-order valence-corrected chi connectivity index (χ1v) is 14.3. The van der Waals surface area contributed by atoms with Crippen LogP contribution >= 0.6 is 11.3 Å². The zero-order chi connectivity index (χ0) is 27.9. The van der Waals surface area contributed by atoms with Crippen molar-refractivity contribution < 1.29 is 14.4 Å². The van der Waals surface area contributed by atoms with Crippen molar-refractivity contribution in [3.63, 3.8) is 0 Å². The lowest BCUT2D eigenvalue weighted by atomic mass is 10.1. The van der Waals surface area contributed by atoms with E-state index in [-0.39, 0.29) is 36.6 Å². The standard InChI is InChI=1S/C30H37N5O3S/c1-21(2)18-35(29(38)25-11-7-5-9-22(25)3)19-27(36)32-30-31-24(20-39-30)17-28(37)34-15-13-33(14-16-34)26-12-8-6-10-23(26)4/h5-12,20-21H,13-19H2,1-4H3,(H,31,32,36). The molecule has 0 bridgehead atoms. The highest BCUT2D eigenvalue weighted by atomic mass is 32.1. The molecular weight excluding hydrogens is 510 g/mol. The molecule has 0 saturated carbocycles. The molecule has 1 fully saturated rings. The number of nitrogens with zero attached hydrogens (tertiary/aromatic N) is 4. The van der Waals surface area contributed by atoms with Crippen molar-refractivity contribution in [3.8, 4) is 0 Å². The number of aryl methyl sites for hydroxylation is 2. The number of hydrogen-bond donors (Lipinski definition) is 1. The number of carbonyl (C=O) groups excluding carboxylic acids is 3. The van der Waals surface area contributed by atoms with Crippen molar-refractivity contribution in [2.75, 3.05) is 49.5 Å². The molecule has 8 nitrogen and oxygen atoms in total. The smallest absolute Gasteiger partial charge is 0.254 e. The van der Waals surface area contributed by atoms with Crippen LogP contribution in [0, 0.1) is 19.8 Å². The van der Waals surface area contributed by atoms with E-state index in [1.54, 1.807) is 11.0 Å². The monoisotopic (exact) mass is 547 g/mol. The SMILES string of the molecule is Cc1ccccc1C(=O)N(CC(=O)Nc1nc(CC(=O)N2CCN(c3ccccc3C)CC2)cs1)CC(C)C. The van der Waals surface area contributed by atoms with E-state index in [1.165, 1.54) is 22.6 Å². The number of thiazole rings is 1. The van der Waals surface area contributed by atoms with Gasteiger partial charge >= 0.3 is 0 Å². The van der Waals surface area contributed by atoms with E-state index < -0.39 is 0 Å². The largest absolute Gasteiger partial charge is 0.368 e. The van der Waals surface area contributed by atoms with Crippen LogP contribution in [0.25, 0.3) is 0 Å². The third-order valence-electron chi connectivity index (χ3n) is 6.80. The molecule has 1 N–H and O–H groups in total. The minimum atomic E-state index is -0.308. The van der Waals surface area contributed by atoms with E-state index in [1.807, 2.05) is 61.4 Å². The Morgan fingerprint density at radius 3 is 2.31 bits per heavy atom. The number of amides is 3. The number of piperazine rings is 1. The van der Waals surface area contributed by atoms with E-state index in [0.717, 1.165) is 18.7 Å². The number of para-hydroxylation sites is 1. The average molecular weight is 548 g/mol. The van der Waals surface area contributed by atoms with Crippen molar-refractivity contribution >= 4 is 39.9 Å². The lowest BCUT2D eigenvalue weighted by Gasteiger charge is -2.36. The summed E-state index contributed by atoms with van der Waals surface area (Å²) in [6, 6.07) is 15.7. The van der Waals surface area contributed by atoms with E-state index in [9.17, 15) is 14.4 Å². The Bertz CT molecular complexity index is 1310. The topological polar surface area (TPSA) is 85.8 Å². The van der Waals surface area contributed by atoms with Gasteiger partial charge in [-0.2, -0.15) is 0 Å². The van der Waals surface area contributed by atoms with Crippen LogP contribution in [0.2, 0.25) is 0 Å². The maximum absolute atomic E-state index is 13.2. The fraction of sp³-hybridized carbons (Fsp3) is 0.400. The van der Waals surface area contributed by atoms with Gasteiger partial charge in [0.25, 0.3) is 5.91 Å². The number of aromatic nitrogens is 1. The minimum Gasteiger partial charge on any atom is -0.368 e. The van der Waals surface area contributed by atoms with Crippen molar-refractivity contribution in [3.05, 3.63) is 76.3 Å². The van der Waals surface area contributed by atoms with E-state index in [4.69, 9.17) is 0 Å². The summed E-state index contributed by atoms with van der Waals surface area (Å²) < 4.78 is 0. The van der Waals surface area contributed by atoms with Crippen LogP contribution in [-0.2, 0) is 16.0 Å². The highest BCUT2D eigenvalue weighted by Crippen LogP contribution is 2.22. The van der Waals surface area contributed by atoms with Crippen molar-refractivity contribution in [1.82, 2.24) is 14.8 Å². The molecule has 0 spiro atoms. The number of benzene rings is 2. The van der Waals surface area contributed by atoms with Gasteiger partial charge < -0.3 is 20.0 Å². The number of nitrogens with one attached hydrogen (secondary N) is 1. The third-order valence-corrected chi connectivity index (χ3v) is 7.61. The summed E-state index contributed by atoms with van der Waals surface area (Å²) in [5.74, 6) is -0.224. The maximum Gasteiger partial charge on any atom is 0.254 e. The first-order valence-electron chi connectivity index (χ1n) is 13.4. The quantitative estimate of drug-likeness (QED) is 0.430. The fourth-order valence-corrected chi connectivity index (χ4v) is 5.53. The molecule has 39 heavy (non-hydrogen) atoms. The molecule has 1 saturated heterocycles. The highest BCUT2D eigenvalue weighted by molar-refractivity contribution is 7.13. The number of rotatable bonds is 9. The molecule has 0 radical (unpaired) electrons. The molecule has 3 aromatic rings. The van der Waals surface area contributed by atoms with Crippen LogP contribution in [0.5, 0.6) is 0 Å². The van der Waals surface area contributed by atoms with Gasteiger partial charge in [-0.05, 0) is 43.0 Å².